The van der Waals surface area contributed by atoms with Crippen molar-refractivity contribution in [3.63, 3.8) is 0 Å². The van der Waals surface area contributed by atoms with E-state index in [0.29, 0.717) is 11.8 Å². The van der Waals surface area contributed by atoms with E-state index >= 15 is 0 Å². The molecule has 0 spiro atoms. The molecular weight excluding hydrogens is 325 g/mol. The fourth-order valence-electron chi connectivity index (χ4n) is 4.19. The number of rotatable bonds is 4. The molecule has 132 valence electrons. The van der Waals surface area contributed by atoms with Crippen molar-refractivity contribution in [3.05, 3.63) is 65.2 Å². The van der Waals surface area contributed by atoms with Crippen molar-refractivity contribution in [2.45, 2.75) is 38.8 Å². The predicted molar refractivity (Wildman–Crippen MR) is 110 cm³/mol. The van der Waals surface area contributed by atoms with Crippen molar-refractivity contribution in [1.82, 2.24) is 0 Å². The van der Waals surface area contributed by atoms with Crippen LogP contribution in [0.25, 0.3) is 0 Å². The summed E-state index contributed by atoms with van der Waals surface area (Å²) < 4.78 is 0. The second-order valence-electron chi connectivity index (χ2n) is 7.60. The van der Waals surface area contributed by atoms with Crippen LogP contribution >= 0.6 is 7.26 Å². The molecule has 0 bridgehead atoms. The average Bonchev–Trinajstić information content (AvgIpc) is 2.59. The molecule has 3 heteroatoms. The molecule has 1 heterocycles. The SMILES string of the molecule is Cc1cccc(C)c1NC(=O)C[P+]1(C)CCCCC1c1ccccc1. The van der Waals surface area contributed by atoms with Crippen LogP contribution in [0.15, 0.2) is 48.5 Å². The molecule has 2 nitrogen and oxygen atoms in total. The molecule has 2 atom stereocenters. The van der Waals surface area contributed by atoms with Gasteiger partial charge in [0.1, 0.15) is 6.16 Å². The summed E-state index contributed by atoms with van der Waals surface area (Å²) in [5.74, 6) is 0.191. The summed E-state index contributed by atoms with van der Waals surface area (Å²) >= 11 is 0. The average molecular weight is 354 g/mol. The molecule has 2 aromatic rings. The number of nitrogens with one attached hydrogen (secondary N) is 1. The zero-order valence-electron chi connectivity index (χ0n) is 15.6. The van der Waals surface area contributed by atoms with Crippen LogP contribution in [0.2, 0.25) is 0 Å². The molecular formula is C22H29NOP+. The number of hydrogen-bond donors (Lipinski definition) is 1. The van der Waals surface area contributed by atoms with Crippen molar-refractivity contribution in [3.8, 4) is 0 Å². The maximum absolute atomic E-state index is 12.9. The largest absolute Gasteiger partial charge is 0.322 e. The van der Waals surface area contributed by atoms with Gasteiger partial charge in [0.2, 0.25) is 0 Å². The molecule has 2 unspecified atom stereocenters. The third kappa shape index (κ3) is 4.12. The third-order valence-electron chi connectivity index (χ3n) is 5.58. The Labute approximate surface area is 152 Å². The Hall–Kier alpha value is -1.66. The highest BCUT2D eigenvalue weighted by Gasteiger charge is 2.45. The van der Waals surface area contributed by atoms with E-state index in [1.807, 2.05) is 6.07 Å². The lowest BCUT2D eigenvalue weighted by Gasteiger charge is -2.35. The minimum absolute atomic E-state index is 0.191. The second-order valence-corrected chi connectivity index (χ2v) is 11.9. The van der Waals surface area contributed by atoms with Crippen LogP contribution in [0.5, 0.6) is 0 Å². The summed E-state index contributed by atoms with van der Waals surface area (Å²) in [7, 11) is -1.33. The molecule has 1 aliphatic heterocycles. The molecule has 1 saturated heterocycles. The first-order chi connectivity index (χ1) is 12.0. The zero-order chi connectivity index (χ0) is 17.9. The number of para-hydroxylation sites is 1. The molecule has 1 N–H and O–H groups in total. The van der Waals surface area contributed by atoms with Gasteiger partial charge in [-0.25, -0.2) is 0 Å². The Morgan fingerprint density at radius 3 is 2.40 bits per heavy atom. The number of benzene rings is 2. The second kappa shape index (κ2) is 7.70. The topological polar surface area (TPSA) is 29.1 Å². The molecule has 0 aromatic heterocycles. The fourth-order valence-corrected chi connectivity index (χ4v) is 8.26. The monoisotopic (exact) mass is 354 g/mol. The molecule has 1 amide bonds. The maximum Gasteiger partial charge on any atom is 0.261 e. The molecule has 0 saturated carbocycles. The third-order valence-corrected chi connectivity index (χ3v) is 9.99. The van der Waals surface area contributed by atoms with Crippen molar-refractivity contribution in [2.24, 2.45) is 0 Å². The predicted octanol–water partition coefficient (Wildman–Crippen LogP) is 5.81. The van der Waals surface area contributed by atoms with Gasteiger partial charge >= 0.3 is 0 Å². The van der Waals surface area contributed by atoms with Gasteiger partial charge in [-0.15, -0.1) is 0 Å². The van der Waals surface area contributed by atoms with E-state index in [1.165, 1.54) is 31.0 Å². The number of anilines is 1. The van der Waals surface area contributed by atoms with Gasteiger partial charge in [0.15, 0.2) is 0 Å². The fraction of sp³-hybridized carbons (Fsp3) is 0.409. The number of amides is 1. The first-order valence-electron chi connectivity index (χ1n) is 9.25. The highest BCUT2D eigenvalue weighted by molar-refractivity contribution is 7.76. The Kier molecular flexibility index (Phi) is 5.59. The van der Waals surface area contributed by atoms with Gasteiger partial charge in [0, 0.05) is 19.6 Å². The molecule has 1 aliphatic rings. The van der Waals surface area contributed by atoms with E-state index in [9.17, 15) is 4.79 Å². The number of carbonyl (C=O) groups excluding carboxylic acids is 1. The number of aryl methyl sites for hydroxylation is 2. The van der Waals surface area contributed by atoms with Crippen molar-refractivity contribution >= 4 is 18.9 Å². The standard InChI is InChI=1S/C22H28NOP/c1-17-10-9-11-18(2)22(17)23-21(24)16-25(3)15-8-7-14-20(25)19-12-5-4-6-13-19/h4-6,9-13,20H,7-8,14-16H2,1-3H3/p+1. The van der Waals surface area contributed by atoms with E-state index < -0.39 is 7.26 Å². The quantitative estimate of drug-likeness (QED) is 0.689. The Balaban J connectivity index is 1.78. The lowest BCUT2D eigenvalue weighted by Crippen LogP contribution is -2.25. The van der Waals surface area contributed by atoms with Gasteiger partial charge in [-0.2, -0.15) is 0 Å². The lowest BCUT2D eigenvalue weighted by molar-refractivity contribution is -0.113. The summed E-state index contributed by atoms with van der Waals surface area (Å²) in [5.41, 5.74) is 5.27. The van der Waals surface area contributed by atoms with E-state index in [-0.39, 0.29) is 5.91 Å². The normalized spacial score (nSPS) is 23.2. The Morgan fingerprint density at radius 1 is 1.04 bits per heavy atom. The van der Waals surface area contributed by atoms with Gasteiger partial charge in [0.05, 0.1) is 11.8 Å². The van der Waals surface area contributed by atoms with E-state index in [0.717, 1.165) is 16.8 Å². The lowest BCUT2D eigenvalue weighted by atomic mass is 10.1. The molecule has 2 aromatic carbocycles. The highest BCUT2D eigenvalue weighted by atomic mass is 31.2. The first-order valence-corrected chi connectivity index (χ1v) is 11.9. The van der Waals surface area contributed by atoms with Crippen LogP contribution in [-0.4, -0.2) is 24.9 Å². The van der Waals surface area contributed by atoms with Crippen LogP contribution in [0.3, 0.4) is 0 Å². The summed E-state index contributed by atoms with van der Waals surface area (Å²) in [6.07, 6.45) is 5.70. The number of hydrogen-bond acceptors (Lipinski definition) is 1. The van der Waals surface area contributed by atoms with Crippen LogP contribution < -0.4 is 5.32 Å². The minimum Gasteiger partial charge on any atom is -0.322 e. The van der Waals surface area contributed by atoms with Gasteiger partial charge in [0.25, 0.3) is 5.91 Å². The van der Waals surface area contributed by atoms with Crippen LogP contribution in [0.1, 0.15) is 41.6 Å². The molecule has 25 heavy (non-hydrogen) atoms. The van der Waals surface area contributed by atoms with E-state index in [2.05, 4.69) is 68.3 Å². The Bertz CT molecular complexity index is 723. The van der Waals surface area contributed by atoms with Crippen molar-refractivity contribution < 1.29 is 4.79 Å². The van der Waals surface area contributed by atoms with Crippen LogP contribution in [0.4, 0.5) is 5.69 Å². The molecule has 1 fully saturated rings. The maximum atomic E-state index is 12.9. The van der Waals surface area contributed by atoms with Gasteiger partial charge < -0.3 is 5.32 Å². The molecule has 0 radical (unpaired) electrons. The summed E-state index contributed by atoms with van der Waals surface area (Å²) in [6.45, 7) is 6.54. The summed E-state index contributed by atoms with van der Waals surface area (Å²) in [6, 6.07) is 17.0. The first kappa shape index (κ1) is 18.1. The summed E-state index contributed by atoms with van der Waals surface area (Å²) in [5, 5.41) is 3.21. The van der Waals surface area contributed by atoms with Gasteiger partial charge in [-0.1, -0.05) is 48.5 Å². The smallest absolute Gasteiger partial charge is 0.261 e. The Morgan fingerprint density at radius 2 is 1.72 bits per heavy atom. The minimum atomic E-state index is -1.33. The van der Waals surface area contributed by atoms with Gasteiger partial charge in [-0.3, -0.25) is 4.79 Å². The summed E-state index contributed by atoms with van der Waals surface area (Å²) in [4.78, 5) is 12.9. The number of carbonyl (C=O) groups is 1. The molecule has 3 rings (SSSR count). The molecule has 0 aliphatic carbocycles. The van der Waals surface area contributed by atoms with Crippen molar-refractivity contribution in [2.75, 3.05) is 24.3 Å². The van der Waals surface area contributed by atoms with Crippen molar-refractivity contribution in [1.29, 1.82) is 0 Å². The highest BCUT2D eigenvalue weighted by Crippen LogP contribution is 2.70. The van der Waals surface area contributed by atoms with Crippen LogP contribution in [0, 0.1) is 13.8 Å². The zero-order valence-corrected chi connectivity index (χ0v) is 16.5. The van der Waals surface area contributed by atoms with Crippen LogP contribution in [-0.2, 0) is 4.79 Å². The van der Waals surface area contributed by atoms with E-state index in [1.54, 1.807) is 0 Å². The van der Waals surface area contributed by atoms with E-state index in [4.69, 9.17) is 0 Å². The van der Waals surface area contributed by atoms with Gasteiger partial charge in [-0.05, 0) is 49.8 Å².